The van der Waals surface area contributed by atoms with Gasteiger partial charge in [0, 0.05) is 46.5 Å². The third-order valence-corrected chi connectivity index (χ3v) is 19.6. The molecular weight excluding hydrogens is 1870 g/mol. The molecule has 732 valence electrons. The number of hydrogen-bond acceptors (Lipinski definition) is 34. The predicted molar refractivity (Wildman–Crippen MR) is 480 cm³/mol. The van der Waals surface area contributed by atoms with Crippen molar-refractivity contribution in [1.82, 2.24) is 24.9 Å². The standard InChI is InChI=1S/2C13H13NO4.2C11H9NO3.C9H15NO3.C8H5NO2.C8H6O4.2C5H11NO2.C4H5ClO.C3H5ClO.C2H6O2.CH4.K.Na.H2O/c2*1-13(17-6-7-18-13)8-14-11(15)9-4-2-3-5-10(9)12(14)16;2*1-7(13)6-12-10(14)8-4-2-3-5-9(8)11(12)15;1-7(2)8(11)10-6-9(3)12-4-5-13-9;10-7-5-3-1-2-4-6(5)8(11)9-7;9-7(10)5-3-1-2-4-6(5)8(11)12;2*1-5(4-6)7-2-3-8-5;1-3(2)4(5)6;1-3(5)2-4;3-1-2-4;;;;/h2*2-5H,6-8H2,1H3;2*2-5H,6H2,1H3;1,4-6H2,2-3H3,(H,10,11);1-4H,(H,9,10,11);1-4H,(H,9,10)(H,11,12);2*2-4,6H2,1H3;1H2,2H3;2H2,1H3;3-4H,1-2H2;1H4;;;1H2/q;;;;;;;;;;;;;2*+1;/p-4. The number of ether oxygens (including phenoxy) is 10. The zero-order valence-electron chi connectivity index (χ0n) is 77.2. The summed E-state index contributed by atoms with van der Waals surface area (Å²) < 4.78 is 52.9. The molecule has 137 heavy (non-hydrogen) atoms. The molecule has 6 aromatic carbocycles. The van der Waals surface area contributed by atoms with Crippen molar-refractivity contribution in [2.75, 3.05) is 131 Å². The Morgan fingerprint density at radius 1 is 0.394 bits per heavy atom. The molecule has 11 amide bonds. The number of aromatic carboxylic acids is 2. The minimum atomic E-state index is -1.52. The number of Topliss-reactive ketones (excluding diaryl/α,β-unsaturated/α-hetero) is 3. The maximum atomic E-state index is 12.1. The number of allylic oxidation sites excluding steroid dienone is 1. The number of nitrogens with zero attached hydrogens (tertiary/aromatic N) is 5. The number of fused-ring (bicyclic) bond motifs is 5. The van der Waals surface area contributed by atoms with E-state index in [9.17, 15) is 91.7 Å². The fraction of sp³-hybridized carbons (Fsp3) is 0.387. The number of carbonyl (C=O) groups excluding carboxylic acids is 17. The largest absolute Gasteiger partial charge is 1.00 e. The second kappa shape index (κ2) is 60.3. The molecule has 0 atom stereocenters. The molecule has 0 spiro atoms. The number of carbonyl (C=O) groups is 17. The van der Waals surface area contributed by atoms with Crippen LogP contribution >= 0.6 is 23.2 Å². The van der Waals surface area contributed by atoms with Gasteiger partial charge < -0.3 is 115 Å². The van der Waals surface area contributed by atoms with Gasteiger partial charge in [0.2, 0.25) is 11.1 Å². The smallest absolute Gasteiger partial charge is 0.870 e. The summed E-state index contributed by atoms with van der Waals surface area (Å²) in [5, 5.41) is 41.4. The number of ketones is 3. The van der Waals surface area contributed by atoms with Crippen molar-refractivity contribution in [3.63, 3.8) is 0 Å². The number of aliphatic hydroxyl groups excluding tert-OH is 2. The Balaban J connectivity index is 0.000000760. The Labute approximate surface area is 865 Å². The number of nitrogens with two attached hydrogens (primary N) is 2. The van der Waals surface area contributed by atoms with Gasteiger partial charge in [0.05, 0.1) is 186 Å². The number of carboxylic acid groups (broad SMARTS) is 2. The molecule has 6 aromatic rings. The van der Waals surface area contributed by atoms with Crippen molar-refractivity contribution >= 4 is 123 Å². The van der Waals surface area contributed by atoms with Crippen LogP contribution in [-0.4, -0.2) is 295 Å². The Hall–Kier alpha value is -9.79. The van der Waals surface area contributed by atoms with Gasteiger partial charge in [-0.05, 0) is 129 Å². The van der Waals surface area contributed by atoms with E-state index >= 15 is 0 Å². The van der Waals surface area contributed by atoms with Crippen LogP contribution in [0.5, 0.6) is 0 Å². The number of rotatable bonds is 18. The van der Waals surface area contributed by atoms with Gasteiger partial charge in [-0.2, -0.15) is 0 Å². The quantitative estimate of drug-likeness (QED) is 0.0227. The maximum Gasteiger partial charge on any atom is 1.00 e. The molecule has 0 bridgehead atoms. The summed E-state index contributed by atoms with van der Waals surface area (Å²) in [7, 11) is 0. The van der Waals surface area contributed by atoms with E-state index in [1.807, 2.05) is 13.8 Å². The third kappa shape index (κ3) is 38.1. The van der Waals surface area contributed by atoms with Crippen molar-refractivity contribution in [2.24, 2.45) is 11.5 Å². The van der Waals surface area contributed by atoms with Crippen LogP contribution in [0.4, 0.5) is 0 Å². The molecule has 5 saturated heterocycles. The second-order valence-corrected chi connectivity index (χ2v) is 30.7. The normalized spacial score (nSPS) is 16.6. The Kier molecular flexibility index (Phi) is 55.1. The molecule has 0 aliphatic carbocycles. The number of alkyl halides is 1. The van der Waals surface area contributed by atoms with Crippen molar-refractivity contribution in [3.05, 3.63) is 242 Å². The van der Waals surface area contributed by atoms with Crippen LogP contribution < -0.4 is 108 Å². The first-order valence-corrected chi connectivity index (χ1v) is 41.7. The van der Waals surface area contributed by atoms with E-state index in [-0.39, 0.29) is 221 Å². The molecule has 44 heteroatoms. The Morgan fingerprint density at radius 3 is 0.781 bits per heavy atom. The predicted octanol–water partition coefficient (Wildman–Crippen LogP) is -0.959. The van der Waals surface area contributed by atoms with Gasteiger partial charge >= 0.3 is 80.9 Å². The van der Waals surface area contributed by atoms with E-state index in [2.05, 4.69) is 23.8 Å². The average Bonchev–Trinajstić information content (AvgIpc) is 1.63. The molecule has 0 saturated carbocycles. The topological polar surface area (TPSA) is 590 Å². The first kappa shape index (κ1) is 125. The number of halogens is 2. The third-order valence-electron chi connectivity index (χ3n) is 18.9. The number of nitrogens with one attached hydrogen (secondary N) is 1. The van der Waals surface area contributed by atoms with E-state index in [4.69, 9.17) is 92.3 Å². The van der Waals surface area contributed by atoms with Crippen molar-refractivity contribution in [2.45, 2.75) is 106 Å². The van der Waals surface area contributed by atoms with Crippen LogP contribution in [0.2, 0.25) is 0 Å². The van der Waals surface area contributed by atoms with E-state index in [0.717, 1.165) is 21.9 Å². The van der Waals surface area contributed by atoms with Crippen molar-refractivity contribution in [1.29, 1.82) is 0 Å². The van der Waals surface area contributed by atoms with Crippen LogP contribution in [0.25, 0.3) is 5.32 Å². The molecule has 10 heterocycles. The molecule has 16 rings (SSSR count). The minimum absolute atomic E-state index is 0. The SMILES string of the molecule is C.C=C(C)C(=O)Cl.C=C(C)C(=O)NCC1(C)OCCO1.CC(=O)CCl.CC(=O)CN1C(=O)c2ccccc2C1=O.CC(=O)CN1C(=O)c2ccccc2C1=O.CC1(CN)OCCO1.CC1(CN)OCCO1.CC1(CN2C(=O)c3ccccc3C2=O)OCCO1.CC1(CN2C(=O)c3ccccc3C2=O)OCCO1.O=C([O-])c1ccccc1C(=O)[O-].O=C1[N-]C(=O)c2ccccc21.OCCO.[K+].[Na+].[OH-]. The Bertz CT molecular complexity index is 4840. The summed E-state index contributed by atoms with van der Waals surface area (Å²) in [6, 6.07) is 38.6. The second-order valence-electron chi connectivity index (χ2n) is 30.1. The molecule has 10 aliphatic heterocycles. The van der Waals surface area contributed by atoms with Gasteiger partial charge in [0.15, 0.2) is 28.9 Å². The number of amides is 11. The van der Waals surface area contributed by atoms with E-state index in [0.29, 0.717) is 152 Å². The number of benzene rings is 6. The van der Waals surface area contributed by atoms with Crippen molar-refractivity contribution in [3.8, 4) is 0 Å². The van der Waals surface area contributed by atoms with Crippen LogP contribution in [0.3, 0.4) is 0 Å². The number of aliphatic hydroxyl groups is 2. The summed E-state index contributed by atoms with van der Waals surface area (Å²) in [4.78, 5) is 194. The molecule has 0 radical (unpaired) electrons. The van der Waals surface area contributed by atoms with Gasteiger partial charge in [-0.25, -0.2) is 0 Å². The van der Waals surface area contributed by atoms with Gasteiger partial charge in [0.1, 0.15) is 17.3 Å². The van der Waals surface area contributed by atoms with E-state index in [1.54, 1.807) is 156 Å². The first-order valence-electron chi connectivity index (χ1n) is 40.8. The summed E-state index contributed by atoms with van der Waals surface area (Å²) in [5.41, 5.74) is 14.9. The van der Waals surface area contributed by atoms with E-state index < -0.39 is 57.9 Å². The van der Waals surface area contributed by atoms with Crippen LogP contribution in [0.15, 0.2) is 170 Å². The zero-order chi connectivity index (χ0) is 99.3. The molecular formula is C93H110Cl2KN8NaO32-2. The van der Waals surface area contributed by atoms with Crippen LogP contribution in [0.1, 0.15) is 201 Å². The molecule has 8 N–H and O–H groups in total. The number of hydrogen-bond donors (Lipinski definition) is 5. The summed E-state index contributed by atoms with van der Waals surface area (Å²) in [6.07, 6.45) is 0. The van der Waals surface area contributed by atoms with Crippen LogP contribution in [-0.2, 0) is 71.3 Å². The maximum absolute atomic E-state index is 12.1. The monoisotopic (exact) mass is 1980 g/mol. The summed E-state index contributed by atoms with van der Waals surface area (Å²) >= 11 is 9.86. The average molecular weight is 1980 g/mol. The summed E-state index contributed by atoms with van der Waals surface area (Å²) in [6.45, 7) is 29.9. The molecule has 10 aliphatic rings. The first-order chi connectivity index (χ1) is 62.7. The number of imide groups is 5. The Morgan fingerprint density at radius 2 is 0.599 bits per heavy atom. The fourth-order valence-corrected chi connectivity index (χ4v) is 12.2. The van der Waals surface area contributed by atoms with Gasteiger partial charge in [0.25, 0.3) is 47.3 Å². The fourth-order valence-electron chi connectivity index (χ4n) is 12.2. The molecule has 0 aromatic heterocycles. The van der Waals surface area contributed by atoms with Gasteiger partial charge in [-0.15, -0.1) is 11.6 Å². The zero-order valence-corrected chi connectivity index (χ0v) is 83.9. The van der Waals surface area contributed by atoms with Crippen molar-refractivity contribution < 1.29 is 236 Å². The van der Waals surface area contributed by atoms with Gasteiger partial charge in [-0.3, -0.25) is 81.9 Å². The number of carboxylic acids is 2. The summed E-state index contributed by atoms with van der Waals surface area (Å²) in [5.74, 6) is -10.4. The molecule has 0 unspecified atom stereocenters. The molecule has 5 fully saturated rings. The minimum Gasteiger partial charge on any atom is -0.870 e. The van der Waals surface area contributed by atoms with Gasteiger partial charge in [-0.1, -0.05) is 118 Å². The van der Waals surface area contributed by atoms with E-state index in [1.165, 1.54) is 42.7 Å². The van der Waals surface area contributed by atoms with Crippen LogP contribution in [0, 0.1) is 0 Å². The molecule has 40 nitrogen and oxygen atoms in total.